The molecule has 1 fully saturated rings. The molecule has 1 aliphatic carbocycles. The minimum absolute atomic E-state index is 0.241. The molecule has 2 aromatic rings. The molecule has 6 nitrogen and oxygen atoms in total. The first-order valence-electron chi connectivity index (χ1n) is 6.55. The number of rotatable bonds is 4. The van der Waals surface area contributed by atoms with E-state index in [1.807, 2.05) is 12.1 Å². The SMILES string of the molecule is O=C(Nc1ccc(-c2cnccn2)cc1)C1C[C@H]1C(=O)O. The van der Waals surface area contributed by atoms with Crippen LogP contribution in [0, 0.1) is 11.8 Å². The van der Waals surface area contributed by atoms with Crippen molar-refractivity contribution < 1.29 is 14.7 Å². The molecule has 1 amide bonds. The van der Waals surface area contributed by atoms with Crippen LogP contribution in [0.25, 0.3) is 11.3 Å². The fourth-order valence-corrected chi connectivity index (χ4v) is 2.17. The highest BCUT2D eigenvalue weighted by Gasteiger charge is 2.48. The second kappa shape index (κ2) is 5.32. The van der Waals surface area contributed by atoms with Gasteiger partial charge in [0.05, 0.1) is 23.7 Å². The van der Waals surface area contributed by atoms with Crippen LogP contribution >= 0.6 is 0 Å². The Morgan fingerprint density at radius 2 is 1.90 bits per heavy atom. The molecule has 3 rings (SSSR count). The van der Waals surface area contributed by atoms with Gasteiger partial charge in [0.1, 0.15) is 0 Å². The lowest BCUT2D eigenvalue weighted by Crippen LogP contribution is -2.16. The predicted molar refractivity (Wildman–Crippen MR) is 75.3 cm³/mol. The average Bonchev–Trinajstić information content (AvgIpc) is 3.30. The predicted octanol–water partition coefficient (Wildman–Crippen LogP) is 1.80. The molecule has 1 aromatic heterocycles. The summed E-state index contributed by atoms with van der Waals surface area (Å²) < 4.78 is 0. The molecule has 1 aromatic carbocycles. The first-order valence-corrected chi connectivity index (χ1v) is 6.55. The summed E-state index contributed by atoms with van der Waals surface area (Å²) in [5, 5.41) is 11.5. The number of hydrogen-bond donors (Lipinski definition) is 2. The number of anilines is 1. The fraction of sp³-hybridized carbons (Fsp3) is 0.200. The van der Waals surface area contributed by atoms with Gasteiger partial charge in [0.2, 0.25) is 5.91 Å². The van der Waals surface area contributed by atoms with Crippen LogP contribution in [0.1, 0.15) is 6.42 Å². The fourth-order valence-electron chi connectivity index (χ4n) is 2.17. The highest BCUT2D eigenvalue weighted by atomic mass is 16.4. The van der Waals surface area contributed by atoms with Crippen molar-refractivity contribution >= 4 is 17.6 Å². The Bertz CT molecular complexity index is 670. The highest BCUT2D eigenvalue weighted by molar-refractivity contribution is 5.98. The second-order valence-electron chi connectivity index (χ2n) is 4.94. The van der Waals surface area contributed by atoms with E-state index in [1.54, 1.807) is 30.7 Å². The number of nitrogens with one attached hydrogen (secondary N) is 1. The maximum absolute atomic E-state index is 11.8. The number of carboxylic acid groups (broad SMARTS) is 1. The third-order valence-electron chi connectivity index (χ3n) is 3.46. The van der Waals surface area contributed by atoms with Gasteiger partial charge in [0, 0.05) is 23.6 Å². The van der Waals surface area contributed by atoms with Crippen LogP contribution in [0.15, 0.2) is 42.9 Å². The summed E-state index contributed by atoms with van der Waals surface area (Å²) in [7, 11) is 0. The number of carbonyl (C=O) groups is 2. The normalized spacial score (nSPS) is 19.8. The number of nitrogens with zero attached hydrogens (tertiary/aromatic N) is 2. The summed E-state index contributed by atoms with van der Waals surface area (Å²) >= 11 is 0. The smallest absolute Gasteiger partial charge is 0.307 e. The maximum Gasteiger partial charge on any atom is 0.307 e. The van der Waals surface area contributed by atoms with Crippen LogP contribution in [0.5, 0.6) is 0 Å². The minimum atomic E-state index is -0.909. The van der Waals surface area contributed by atoms with Crippen LogP contribution in [0.3, 0.4) is 0 Å². The number of benzene rings is 1. The summed E-state index contributed by atoms with van der Waals surface area (Å²) in [6, 6.07) is 7.20. The summed E-state index contributed by atoms with van der Waals surface area (Å²) in [6.45, 7) is 0. The van der Waals surface area contributed by atoms with Gasteiger partial charge in [-0.1, -0.05) is 12.1 Å². The summed E-state index contributed by atoms with van der Waals surface area (Å²) in [4.78, 5) is 30.8. The first-order chi connectivity index (χ1) is 10.1. The number of aromatic nitrogens is 2. The molecular formula is C15H13N3O3. The molecule has 21 heavy (non-hydrogen) atoms. The standard InChI is InChI=1S/C15H13N3O3/c19-14(11-7-12(11)15(20)21)18-10-3-1-9(2-4-10)13-8-16-5-6-17-13/h1-6,8,11-12H,7H2,(H,18,19)(H,20,21)/t11?,12-/m1/s1. The number of amides is 1. The van der Waals surface area contributed by atoms with Crippen LogP contribution in [-0.4, -0.2) is 27.0 Å². The topological polar surface area (TPSA) is 92.2 Å². The summed E-state index contributed by atoms with van der Waals surface area (Å²) in [5.74, 6) is -2.10. The van der Waals surface area contributed by atoms with Gasteiger partial charge in [-0.2, -0.15) is 0 Å². The molecule has 2 atom stereocenters. The van der Waals surface area contributed by atoms with Gasteiger partial charge in [0.15, 0.2) is 0 Å². The molecule has 2 N–H and O–H groups in total. The second-order valence-corrected chi connectivity index (χ2v) is 4.94. The number of aliphatic carboxylic acids is 1. The third-order valence-corrected chi connectivity index (χ3v) is 3.46. The lowest BCUT2D eigenvalue weighted by molar-refractivity contribution is -0.139. The van der Waals surface area contributed by atoms with Crippen molar-refractivity contribution in [3.05, 3.63) is 42.9 Å². The van der Waals surface area contributed by atoms with Crippen molar-refractivity contribution in [2.75, 3.05) is 5.32 Å². The zero-order chi connectivity index (χ0) is 14.8. The van der Waals surface area contributed by atoms with E-state index < -0.39 is 17.8 Å². The van der Waals surface area contributed by atoms with Gasteiger partial charge in [-0.25, -0.2) is 0 Å². The monoisotopic (exact) mass is 283 g/mol. The molecule has 6 heteroatoms. The van der Waals surface area contributed by atoms with Crippen molar-refractivity contribution in [3.63, 3.8) is 0 Å². The van der Waals surface area contributed by atoms with Crippen molar-refractivity contribution in [3.8, 4) is 11.3 Å². The van der Waals surface area contributed by atoms with E-state index in [0.717, 1.165) is 11.3 Å². The van der Waals surface area contributed by atoms with Crippen molar-refractivity contribution in [2.45, 2.75) is 6.42 Å². The number of hydrogen-bond acceptors (Lipinski definition) is 4. The molecule has 0 aliphatic heterocycles. The van der Waals surface area contributed by atoms with Gasteiger partial charge < -0.3 is 10.4 Å². The molecule has 0 bridgehead atoms. The van der Waals surface area contributed by atoms with Gasteiger partial charge in [-0.3, -0.25) is 19.6 Å². The Hall–Kier alpha value is -2.76. The van der Waals surface area contributed by atoms with Crippen LogP contribution < -0.4 is 5.32 Å². The lowest BCUT2D eigenvalue weighted by Gasteiger charge is -2.05. The van der Waals surface area contributed by atoms with Gasteiger partial charge in [-0.05, 0) is 18.6 Å². The molecule has 1 saturated carbocycles. The van der Waals surface area contributed by atoms with Crippen LogP contribution in [0.4, 0.5) is 5.69 Å². The van der Waals surface area contributed by atoms with E-state index in [0.29, 0.717) is 12.1 Å². The van der Waals surface area contributed by atoms with Gasteiger partial charge in [-0.15, -0.1) is 0 Å². The zero-order valence-electron chi connectivity index (χ0n) is 11.1. The van der Waals surface area contributed by atoms with Crippen molar-refractivity contribution in [1.82, 2.24) is 9.97 Å². The molecule has 0 radical (unpaired) electrons. The van der Waals surface area contributed by atoms with Crippen molar-refractivity contribution in [2.24, 2.45) is 11.8 Å². The van der Waals surface area contributed by atoms with Crippen molar-refractivity contribution in [1.29, 1.82) is 0 Å². The molecule has 1 heterocycles. The average molecular weight is 283 g/mol. The Labute approximate surface area is 120 Å². The highest BCUT2D eigenvalue weighted by Crippen LogP contribution is 2.39. The Morgan fingerprint density at radius 3 is 2.48 bits per heavy atom. The Kier molecular flexibility index (Phi) is 3.35. The van der Waals surface area contributed by atoms with Crippen LogP contribution in [-0.2, 0) is 9.59 Å². The zero-order valence-corrected chi connectivity index (χ0v) is 11.1. The number of carboxylic acids is 1. The van der Waals surface area contributed by atoms with Gasteiger partial charge in [0.25, 0.3) is 0 Å². The largest absolute Gasteiger partial charge is 0.481 e. The van der Waals surface area contributed by atoms with Crippen LogP contribution in [0.2, 0.25) is 0 Å². The molecule has 1 aliphatic rings. The van der Waals surface area contributed by atoms with E-state index in [-0.39, 0.29) is 5.91 Å². The first kappa shape index (κ1) is 13.2. The van der Waals surface area contributed by atoms with E-state index in [2.05, 4.69) is 15.3 Å². The molecule has 106 valence electrons. The molecule has 0 saturated heterocycles. The van der Waals surface area contributed by atoms with E-state index >= 15 is 0 Å². The minimum Gasteiger partial charge on any atom is -0.481 e. The third kappa shape index (κ3) is 2.89. The van der Waals surface area contributed by atoms with E-state index in [1.165, 1.54) is 0 Å². The summed E-state index contributed by atoms with van der Waals surface area (Å²) in [6.07, 6.45) is 5.30. The van der Waals surface area contributed by atoms with E-state index in [4.69, 9.17) is 5.11 Å². The molecular weight excluding hydrogens is 270 g/mol. The van der Waals surface area contributed by atoms with E-state index in [9.17, 15) is 9.59 Å². The quantitative estimate of drug-likeness (QED) is 0.892. The lowest BCUT2D eigenvalue weighted by atomic mass is 10.1. The number of carbonyl (C=O) groups excluding carboxylic acids is 1. The molecule has 1 unspecified atom stereocenters. The Balaban J connectivity index is 1.65. The summed E-state index contributed by atoms with van der Waals surface area (Å²) in [5.41, 5.74) is 2.29. The van der Waals surface area contributed by atoms with Gasteiger partial charge >= 0.3 is 5.97 Å². The Morgan fingerprint density at radius 1 is 1.14 bits per heavy atom. The molecule has 0 spiro atoms. The maximum atomic E-state index is 11.8.